The Balaban J connectivity index is 3.30. The lowest BCUT2D eigenvalue weighted by Crippen LogP contribution is -2.31. The number of hydrogen-bond acceptors (Lipinski definition) is 2. The van der Waals surface area contributed by atoms with Gasteiger partial charge in [0.25, 0.3) is 0 Å². The van der Waals surface area contributed by atoms with E-state index >= 15 is 0 Å². The molecule has 0 aromatic carbocycles. The molecule has 96 valence electrons. The highest BCUT2D eigenvalue weighted by Gasteiger charge is 2.20. The molecule has 0 spiro atoms. The van der Waals surface area contributed by atoms with Gasteiger partial charge >= 0.3 is 0 Å². The third-order valence-electron chi connectivity index (χ3n) is 2.99. The SMILES string of the molecule is CCCCCCCOCCC(C)(C)C(=N)N. The summed E-state index contributed by atoms with van der Waals surface area (Å²) in [4.78, 5) is 0. The van der Waals surface area contributed by atoms with E-state index in [0.717, 1.165) is 19.4 Å². The molecule has 0 saturated carbocycles. The number of hydrogen-bond donors (Lipinski definition) is 2. The van der Waals surface area contributed by atoms with Crippen molar-refractivity contribution in [2.45, 2.75) is 59.3 Å². The van der Waals surface area contributed by atoms with Crippen LogP contribution in [0.2, 0.25) is 0 Å². The van der Waals surface area contributed by atoms with Gasteiger partial charge in [-0.1, -0.05) is 46.5 Å². The summed E-state index contributed by atoms with van der Waals surface area (Å²) in [6, 6.07) is 0. The Labute approximate surface area is 100 Å². The Kier molecular flexibility index (Phi) is 8.26. The van der Waals surface area contributed by atoms with E-state index in [0.29, 0.717) is 6.61 Å². The van der Waals surface area contributed by atoms with Gasteiger partial charge in [-0.2, -0.15) is 0 Å². The van der Waals surface area contributed by atoms with Gasteiger partial charge in [-0.25, -0.2) is 0 Å². The largest absolute Gasteiger partial charge is 0.387 e. The van der Waals surface area contributed by atoms with Crippen LogP contribution in [-0.4, -0.2) is 19.0 Å². The lowest BCUT2D eigenvalue weighted by atomic mass is 9.89. The molecule has 0 aromatic rings. The van der Waals surface area contributed by atoms with Crippen LogP contribution in [0.4, 0.5) is 0 Å². The smallest absolute Gasteiger partial charge is 0.0963 e. The third-order valence-corrected chi connectivity index (χ3v) is 2.99. The Morgan fingerprint density at radius 2 is 1.75 bits per heavy atom. The molecular weight excluding hydrogens is 200 g/mol. The Morgan fingerprint density at radius 1 is 1.12 bits per heavy atom. The van der Waals surface area contributed by atoms with Crippen molar-refractivity contribution in [3.05, 3.63) is 0 Å². The lowest BCUT2D eigenvalue weighted by Gasteiger charge is -2.22. The van der Waals surface area contributed by atoms with Crippen LogP contribution in [0.1, 0.15) is 59.3 Å². The van der Waals surface area contributed by atoms with Crippen molar-refractivity contribution >= 4 is 5.84 Å². The minimum Gasteiger partial charge on any atom is -0.387 e. The van der Waals surface area contributed by atoms with E-state index in [1.54, 1.807) is 0 Å². The van der Waals surface area contributed by atoms with Gasteiger partial charge < -0.3 is 10.5 Å². The van der Waals surface area contributed by atoms with E-state index in [2.05, 4.69) is 6.92 Å². The molecule has 0 saturated heterocycles. The first-order valence-corrected chi connectivity index (χ1v) is 6.43. The monoisotopic (exact) mass is 228 g/mol. The van der Waals surface area contributed by atoms with Crippen LogP contribution in [-0.2, 0) is 4.74 Å². The maximum atomic E-state index is 7.41. The van der Waals surface area contributed by atoms with E-state index in [1.165, 1.54) is 25.7 Å². The highest BCUT2D eigenvalue weighted by molar-refractivity contribution is 5.82. The maximum Gasteiger partial charge on any atom is 0.0963 e. The molecule has 0 aromatic heterocycles. The second-order valence-electron chi connectivity index (χ2n) is 5.07. The molecule has 0 heterocycles. The summed E-state index contributed by atoms with van der Waals surface area (Å²) < 4.78 is 5.55. The number of amidine groups is 1. The molecule has 0 amide bonds. The van der Waals surface area contributed by atoms with Gasteiger partial charge in [-0.3, -0.25) is 5.41 Å². The number of unbranched alkanes of at least 4 members (excludes halogenated alkanes) is 4. The van der Waals surface area contributed by atoms with Gasteiger partial charge in [0.2, 0.25) is 0 Å². The molecule has 0 radical (unpaired) electrons. The standard InChI is InChI=1S/C13H28N2O/c1-4-5-6-7-8-10-16-11-9-13(2,3)12(14)15/h4-11H2,1-3H3,(H3,14,15). The zero-order valence-corrected chi connectivity index (χ0v) is 11.1. The average Bonchev–Trinajstić information content (AvgIpc) is 2.21. The second kappa shape index (κ2) is 8.57. The Morgan fingerprint density at radius 3 is 2.31 bits per heavy atom. The highest BCUT2D eigenvalue weighted by atomic mass is 16.5. The lowest BCUT2D eigenvalue weighted by molar-refractivity contribution is 0.113. The number of nitrogens with one attached hydrogen (secondary N) is 1. The molecule has 0 aliphatic carbocycles. The molecular formula is C13H28N2O. The van der Waals surface area contributed by atoms with E-state index in [9.17, 15) is 0 Å². The minimum atomic E-state index is -0.220. The van der Waals surface area contributed by atoms with E-state index < -0.39 is 0 Å². The summed E-state index contributed by atoms with van der Waals surface area (Å²) in [5.41, 5.74) is 5.27. The molecule has 0 bridgehead atoms. The fraction of sp³-hybridized carbons (Fsp3) is 0.923. The van der Waals surface area contributed by atoms with E-state index in [-0.39, 0.29) is 11.3 Å². The highest BCUT2D eigenvalue weighted by Crippen LogP contribution is 2.19. The van der Waals surface area contributed by atoms with Crippen molar-refractivity contribution < 1.29 is 4.74 Å². The quantitative estimate of drug-likeness (QED) is 0.342. The van der Waals surface area contributed by atoms with Gasteiger partial charge in [-0.05, 0) is 12.8 Å². The first-order valence-electron chi connectivity index (χ1n) is 6.43. The molecule has 0 unspecified atom stereocenters. The molecule has 3 N–H and O–H groups in total. The predicted octanol–water partition coefficient (Wildman–Crippen LogP) is 3.33. The number of ether oxygens (including phenoxy) is 1. The van der Waals surface area contributed by atoms with Gasteiger partial charge in [0.1, 0.15) is 0 Å². The van der Waals surface area contributed by atoms with E-state index in [1.807, 2.05) is 13.8 Å². The Bertz CT molecular complexity index is 190. The van der Waals surface area contributed by atoms with Crippen LogP contribution in [0.25, 0.3) is 0 Å². The molecule has 0 fully saturated rings. The fourth-order valence-electron chi connectivity index (χ4n) is 1.37. The fourth-order valence-corrected chi connectivity index (χ4v) is 1.37. The summed E-state index contributed by atoms with van der Waals surface area (Å²) in [5, 5.41) is 7.41. The summed E-state index contributed by atoms with van der Waals surface area (Å²) in [6.07, 6.45) is 7.19. The van der Waals surface area contributed by atoms with Crippen molar-refractivity contribution in [2.24, 2.45) is 11.1 Å². The van der Waals surface area contributed by atoms with E-state index in [4.69, 9.17) is 15.9 Å². The van der Waals surface area contributed by atoms with Crippen molar-refractivity contribution in [2.75, 3.05) is 13.2 Å². The van der Waals surface area contributed by atoms with Crippen molar-refractivity contribution in [1.82, 2.24) is 0 Å². The summed E-state index contributed by atoms with van der Waals surface area (Å²) in [5.74, 6) is 0.249. The van der Waals surface area contributed by atoms with Gasteiger partial charge in [0.05, 0.1) is 5.84 Å². The van der Waals surface area contributed by atoms with Gasteiger partial charge in [0.15, 0.2) is 0 Å². The summed E-state index contributed by atoms with van der Waals surface area (Å²) in [7, 11) is 0. The van der Waals surface area contributed by atoms with Crippen molar-refractivity contribution in [1.29, 1.82) is 5.41 Å². The van der Waals surface area contributed by atoms with Crippen LogP contribution in [0, 0.1) is 10.8 Å². The van der Waals surface area contributed by atoms with Crippen molar-refractivity contribution in [3.8, 4) is 0 Å². The van der Waals surface area contributed by atoms with Gasteiger partial charge in [0, 0.05) is 18.6 Å². The zero-order valence-electron chi connectivity index (χ0n) is 11.1. The Hall–Kier alpha value is -0.570. The second-order valence-corrected chi connectivity index (χ2v) is 5.07. The first-order chi connectivity index (χ1) is 7.50. The van der Waals surface area contributed by atoms with Crippen LogP contribution in [0.3, 0.4) is 0 Å². The number of rotatable bonds is 10. The average molecular weight is 228 g/mol. The van der Waals surface area contributed by atoms with Crippen LogP contribution < -0.4 is 5.73 Å². The van der Waals surface area contributed by atoms with Crippen molar-refractivity contribution in [3.63, 3.8) is 0 Å². The molecule has 3 nitrogen and oxygen atoms in total. The minimum absolute atomic E-state index is 0.220. The normalized spacial score (nSPS) is 11.7. The molecule has 0 atom stereocenters. The van der Waals surface area contributed by atoms with Crippen LogP contribution in [0.15, 0.2) is 0 Å². The zero-order chi connectivity index (χ0) is 12.4. The third kappa shape index (κ3) is 7.69. The maximum absolute atomic E-state index is 7.41. The first kappa shape index (κ1) is 15.4. The topological polar surface area (TPSA) is 59.1 Å². The molecule has 0 aliphatic heterocycles. The van der Waals surface area contributed by atoms with Crippen LogP contribution >= 0.6 is 0 Å². The number of nitrogens with two attached hydrogens (primary N) is 1. The molecule has 0 rings (SSSR count). The van der Waals surface area contributed by atoms with Gasteiger partial charge in [-0.15, -0.1) is 0 Å². The molecule has 0 aliphatic rings. The molecule has 3 heteroatoms. The molecule has 16 heavy (non-hydrogen) atoms. The summed E-state index contributed by atoms with van der Waals surface area (Å²) in [6.45, 7) is 7.75. The predicted molar refractivity (Wildman–Crippen MR) is 69.9 cm³/mol. The van der Waals surface area contributed by atoms with Crippen LogP contribution in [0.5, 0.6) is 0 Å². The summed E-state index contributed by atoms with van der Waals surface area (Å²) >= 11 is 0.